The van der Waals surface area contributed by atoms with Gasteiger partial charge in [0.15, 0.2) is 6.10 Å². The summed E-state index contributed by atoms with van der Waals surface area (Å²) in [5, 5.41) is 13.7. The maximum atomic E-state index is 16.0. The number of phosphoric ester groups is 1. The monoisotopic (exact) mass is 1050 g/mol. The van der Waals surface area contributed by atoms with E-state index in [0.717, 1.165) is 85.4 Å². The van der Waals surface area contributed by atoms with Crippen LogP contribution < -0.4 is 11.0 Å². The summed E-state index contributed by atoms with van der Waals surface area (Å²) >= 11 is 0. The highest BCUT2D eigenvalue weighted by atomic mass is 31.2. The molecule has 76 heavy (non-hydrogen) atoms. The van der Waals surface area contributed by atoms with Gasteiger partial charge in [-0.05, 0) is 150 Å². The minimum absolute atomic E-state index is 0.118. The first-order valence-electron chi connectivity index (χ1n) is 26.4. The Hall–Kier alpha value is -6.18. The van der Waals surface area contributed by atoms with Gasteiger partial charge < -0.3 is 15.2 Å². The molecule has 1 fully saturated rings. The summed E-state index contributed by atoms with van der Waals surface area (Å²) in [4.78, 5) is 30.1. The maximum absolute atomic E-state index is 16.0. The number of hydrogen-bond donors (Lipinski definition) is 2. The van der Waals surface area contributed by atoms with Crippen LogP contribution in [0.4, 0.5) is 14.6 Å². The lowest BCUT2D eigenvalue weighted by atomic mass is 10.0. The largest absolute Gasteiger partial charge is 0.476 e. The van der Waals surface area contributed by atoms with Gasteiger partial charge in [-0.3, -0.25) is 22.9 Å². The first-order chi connectivity index (χ1) is 36.5. The van der Waals surface area contributed by atoms with E-state index in [1.54, 1.807) is 0 Å². The van der Waals surface area contributed by atoms with Crippen LogP contribution in [-0.4, -0.2) is 45.3 Å². The molecule has 0 radical (unpaired) electrons. The van der Waals surface area contributed by atoms with E-state index in [1.807, 2.05) is 104 Å². The average molecular weight is 1050 g/mol. The van der Waals surface area contributed by atoms with Crippen molar-refractivity contribution in [2.24, 2.45) is 0 Å². The SMILES string of the molecule is CC(C)=CCC/C(C)=C/CC/C(C)=C/CC/C=C(\C)CC/C=C(\C)CCC(=O)Nc1ccn([C@@H]2O[C@H](COP(=O)(OC3c4ccccc4-c4ccccc43)OC3c4ccccc4-c4ccccc43)[C@@H](O)C2(F)F)c(=O)n1. The number of aliphatic hydroxyl groups is 1. The van der Waals surface area contributed by atoms with Crippen molar-refractivity contribution in [1.82, 2.24) is 9.55 Å². The molecule has 1 aromatic heterocycles. The van der Waals surface area contributed by atoms with Crippen molar-refractivity contribution < 1.29 is 41.6 Å². The molecular weight excluding hydrogens is 984 g/mol. The number of halogens is 2. The van der Waals surface area contributed by atoms with Crippen LogP contribution in [0.25, 0.3) is 22.3 Å². The number of ether oxygens (including phenoxy) is 1. The van der Waals surface area contributed by atoms with Gasteiger partial charge in [0.2, 0.25) is 12.1 Å². The fourth-order valence-electron chi connectivity index (χ4n) is 9.99. The molecule has 0 unspecified atom stereocenters. The molecule has 3 aliphatic rings. The molecule has 1 saturated heterocycles. The second-order valence-corrected chi connectivity index (χ2v) is 22.0. The second kappa shape index (κ2) is 25.3. The molecule has 1 aliphatic heterocycles. The van der Waals surface area contributed by atoms with Crippen LogP contribution in [0.1, 0.15) is 146 Å². The normalized spacial score (nSPS) is 18.6. The topological polar surface area (TPSA) is 138 Å². The van der Waals surface area contributed by atoms with E-state index in [4.69, 9.17) is 18.3 Å². The number of carbonyl (C=O) groups is 1. The lowest BCUT2D eigenvalue weighted by molar-refractivity contribution is -0.140. The first-order valence-corrected chi connectivity index (χ1v) is 27.8. The summed E-state index contributed by atoms with van der Waals surface area (Å²) in [5.41, 5.74) is 11.7. The Balaban J connectivity index is 0.850. The number of phosphoric acid groups is 1. The lowest BCUT2D eigenvalue weighted by Gasteiger charge is -2.27. The number of amides is 1. The summed E-state index contributed by atoms with van der Waals surface area (Å²) in [6.45, 7) is 11.9. The number of hydrogen-bond acceptors (Lipinski definition) is 9. The fourth-order valence-corrected chi connectivity index (χ4v) is 11.5. The molecule has 4 aromatic carbocycles. The van der Waals surface area contributed by atoms with Crippen LogP contribution in [0.2, 0.25) is 0 Å². The Morgan fingerprint density at radius 1 is 0.645 bits per heavy atom. The van der Waals surface area contributed by atoms with Gasteiger partial charge >= 0.3 is 19.4 Å². The van der Waals surface area contributed by atoms with Gasteiger partial charge in [0.1, 0.15) is 24.1 Å². The molecule has 11 nitrogen and oxygen atoms in total. The van der Waals surface area contributed by atoms with Gasteiger partial charge in [-0.2, -0.15) is 13.8 Å². The standard InChI is InChI=1S/C62H70F2N3O8P/c1-41(2)20-17-23-44(5)26-18-24-42(3)21-7-8-22-43(4)25-19-27-45(6)36-37-56(68)65-55-38-39-67(61(70)66-55)60-62(63,64)59(69)54(73-60)40-72-76(71,74-57-50-32-13-9-28-46(50)47-29-10-14-33-51(47)57)75-58-52-34-15-11-30-48(52)49-31-12-16-35-53(49)58/h9-16,20-22,26-35,38-39,54,57-60,69H,7-8,17-19,23-25,36-37,40H2,1-6H3,(H,65,66,68,70)/b42-21+,43-22+,44-26+,45-27+/t54-,59-,60-/m1/s1. The number of rotatable bonds is 24. The maximum Gasteiger partial charge on any atom is 0.476 e. The van der Waals surface area contributed by atoms with E-state index >= 15 is 13.3 Å². The quantitative estimate of drug-likeness (QED) is 0.0351. The van der Waals surface area contributed by atoms with Crippen molar-refractivity contribution in [3.8, 4) is 22.3 Å². The summed E-state index contributed by atoms with van der Waals surface area (Å²) in [7, 11) is -4.79. The minimum atomic E-state index is -4.79. The predicted molar refractivity (Wildman–Crippen MR) is 296 cm³/mol. The number of benzene rings is 4. The van der Waals surface area contributed by atoms with Crippen LogP contribution >= 0.6 is 7.82 Å². The Kier molecular flexibility index (Phi) is 18.7. The van der Waals surface area contributed by atoms with Crippen LogP contribution in [0.15, 0.2) is 172 Å². The Morgan fingerprint density at radius 2 is 1.07 bits per heavy atom. The summed E-state index contributed by atoms with van der Waals surface area (Å²) in [5.74, 6) is -4.57. The third-order valence-electron chi connectivity index (χ3n) is 14.2. The number of fused-ring (bicyclic) bond motifs is 6. The Morgan fingerprint density at radius 3 is 1.51 bits per heavy atom. The van der Waals surface area contributed by atoms with E-state index in [9.17, 15) is 14.7 Å². The number of aromatic nitrogens is 2. The van der Waals surface area contributed by atoms with E-state index in [1.165, 1.54) is 28.4 Å². The molecule has 8 rings (SSSR count). The van der Waals surface area contributed by atoms with Crippen molar-refractivity contribution in [1.29, 1.82) is 0 Å². The number of carbonyl (C=O) groups excluding carboxylic acids is 1. The zero-order valence-corrected chi connectivity index (χ0v) is 45.2. The fraction of sp³-hybridized carbons (Fsp3) is 0.371. The van der Waals surface area contributed by atoms with Crippen molar-refractivity contribution in [3.63, 3.8) is 0 Å². The average Bonchev–Trinajstić information content (AvgIpc) is 4.00. The van der Waals surface area contributed by atoms with Gasteiger partial charge in [-0.25, -0.2) is 9.36 Å². The molecule has 0 bridgehead atoms. The molecule has 400 valence electrons. The lowest BCUT2D eigenvalue weighted by Crippen LogP contribution is -2.42. The molecule has 1 amide bonds. The number of anilines is 1. The third-order valence-corrected chi connectivity index (χ3v) is 15.6. The molecule has 0 spiro atoms. The Labute approximate surface area is 445 Å². The van der Waals surface area contributed by atoms with E-state index < -0.39 is 62.6 Å². The number of unbranched alkanes of at least 4 members (excludes halogenated alkanes) is 1. The van der Waals surface area contributed by atoms with E-state index in [0.29, 0.717) is 33.2 Å². The highest BCUT2D eigenvalue weighted by molar-refractivity contribution is 7.48. The number of nitrogens with zero attached hydrogens (tertiary/aromatic N) is 2. The van der Waals surface area contributed by atoms with Crippen LogP contribution in [0.5, 0.6) is 0 Å². The van der Waals surface area contributed by atoms with Crippen LogP contribution in [0.3, 0.4) is 0 Å². The van der Waals surface area contributed by atoms with Crippen molar-refractivity contribution in [2.45, 2.75) is 142 Å². The zero-order valence-electron chi connectivity index (χ0n) is 44.3. The van der Waals surface area contributed by atoms with Crippen LogP contribution in [-0.2, 0) is 27.7 Å². The molecule has 14 heteroatoms. The second-order valence-electron chi connectivity index (χ2n) is 20.4. The van der Waals surface area contributed by atoms with Gasteiger partial charge in [-0.1, -0.05) is 155 Å². The number of alkyl halides is 2. The molecular formula is C62H70F2N3O8P. The van der Waals surface area contributed by atoms with Gasteiger partial charge in [0.25, 0.3) is 0 Å². The predicted octanol–water partition coefficient (Wildman–Crippen LogP) is 15.4. The first kappa shape index (κ1) is 56.0. The zero-order chi connectivity index (χ0) is 54.0. The van der Waals surface area contributed by atoms with Gasteiger partial charge in [0, 0.05) is 12.6 Å². The van der Waals surface area contributed by atoms with Gasteiger partial charge in [-0.15, -0.1) is 0 Å². The van der Waals surface area contributed by atoms with Crippen molar-refractivity contribution >= 4 is 19.5 Å². The number of allylic oxidation sites excluding steroid dienone is 10. The van der Waals surface area contributed by atoms with E-state index in [-0.39, 0.29) is 12.2 Å². The summed E-state index contributed by atoms with van der Waals surface area (Å²) < 4.78 is 72.4. The molecule has 2 heterocycles. The molecule has 5 aromatic rings. The molecule has 3 atom stereocenters. The Bertz CT molecular complexity index is 2960. The van der Waals surface area contributed by atoms with E-state index in [2.05, 4.69) is 75.3 Å². The summed E-state index contributed by atoms with van der Waals surface area (Å²) in [6, 6.07) is 31.2. The highest BCUT2D eigenvalue weighted by Crippen LogP contribution is 2.63. The molecule has 2 aliphatic carbocycles. The summed E-state index contributed by atoms with van der Waals surface area (Å²) in [6.07, 6.45) is 12.7. The molecule has 2 N–H and O–H groups in total. The van der Waals surface area contributed by atoms with Gasteiger partial charge in [0.05, 0.1) is 6.61 Å². The van der Waals surface area contributed by atoms with Crippen molar-refractivity contribution in [2.75, 3.05) is 11.9 Å². The number of nitrogens with one attached hydrogen (secondary N) is 1. The van der Waals surface area contributed by atoms with Crippen LogP contribution in [0, 0.1) is 0 Å². The highest BCUT2D eigenvalue weighted by Gasteiger charge is 2.60. The third kappa shape index (κ3) is 13.7. The van der Waals surface area contributed by atoms with Crippen molar-refractivity contribution in [3.05, 3.63) is 200 Å². The smallest absolute Gasteiger partial charge is 0.384 e. The minimum Gasteiger partial charge on any atom is -0.384 e. The molecule has 0 saturated carbocycles. The number of aliphatic hydroxyl groups excluding tert-OH is 1.